The number of pyridine rings is 2. The predicted molar refractivity (Wildman–Crippen MR) is 142 cm³/mol. The van der Waals surface area contributed by atoms with Crippen molar-refractivity contribution in [2.45, 2.75) is 39.7 Å². The zero-order valence-corrected chi connectivity index (χ0v) is 21.4. The SMILES string of the molecule is [2H]N1CCN(c2nc(=O)n(-c3c(C)ccnc3C(C)C)c3nc(-c4ccccc4F)c(Cl)cc23)C(C)C1. The average molecular weight is 508 g/mol. The van der Waals surface area contributed by atoms with Gasteiger partial charge in [0.15, 0.2) is 5.65 Å². The van der Waals surface area contributed by atoms with Gasteiger partial charge >= 0.3 is 5.69 Å². The summed E-state index contributed by atoms with van der Waals surface area (Å²) in [4.78, 5) is 29.7. The zero-order valence-electron chi connectivity index (χ0n) is 21.7. The summed E-state index contributed by atoms with van der Waals surface area (Å²) in [6.45, 7) is 9.45. The molecule has 186 valence electrons. The van der Waals surface area contributed by atoms with Gasteiger partial charge < -0.3 is 10.2 Å². The molecular formula is C27H28ClFN6O. The Hall–Kier alpha value is -3.36. The quantitative estimate of drug-likeness (QED) is 0.425. The summed E-state index contributed by atoms with van der Waals surface area (Å²) in [5, 5.41) is 2.33. The fourth-order valence-electron chi connectivity index (χ4n) is 4.74. The van der Waals surface area contributed by atoms with Crippen LogP contribution in [0.25, 0.3) is 28.0 Å². The highest BCUT2D eigenvalue weighted by Gasteiger charge is 2.27. The Labute approximate surface area is 215 Å². The first-order valence-corrected chi connectivity index (χ1v) is 12.4. The Morgan fingerprint density at radius 1 is 1.25 bits per heavy atom. The summed E-state index contributed by atoms with van der Waals surface area (Å²) in [6.07, 6.45) is 1.72. The molecule has 0 aliphatic carbocycles. The van der Waals surface area contributed by atoms with Gasteiger partial charge in [-0.25, -0.2) is 18.7 Å². The molecule has 1 saturated heterocycles. The number of hydrogen-bond acceptors (Lipinski definition) is 6. The first kappa shape index (κ1) is 23.1. The minimum Gasteiger partial charge on any atom is -0.351 e. The van der Waals surface area contributed by atoms with Gasteiger partial charge in [-0.15, -0.1) is 0 Å². The Bertz CT molecular complexity index is 1560. The van der Waals surface area contributed by atoms with Gasteiger partial charge in [0.1, 0.15) is 13.0 Å². The van der Waals surface area contributed by atoms with Crippen molar-refractivity contribution in [1.29, 1.82) is 0 Å². The molecule has 36 heavy (non-hydrogen) atoms. The first-order chi connectivity index (χ1) is 17.7. The molecule has 1 fully saturated rings. The summed E-state index contributed by atoms with van der Waals surface area (Å²) in [6, 6.07) is 9.79. The maximum absolute atomic E-state index is 14.8. The second-order valence-electron chi connectivity index (χ2n) is 9.41. The van der Waals surface area contributed by atoms with Crippen LogP contribution < -0.4 is 15.9 Å². The molecule has 1 unspecified atom stereocenters. The monoisotopic (exact) mass is 507 g/mol. The maximum atomic E-state index is 14.8. The lowest BCUT2D eigenvalue weighted by atomic mass is 10.0. The largest absolute Gasteiger partial charge is 0.355 e. The Balaban J connectivity index is 1.88. The van der Waals surface area contributed by atoms with Crippen LogP contribution in [0, 0.1) is 12.7 Å². The van der Waals surface area contributed by atoms with Crippen LogP contribution in [-0.2, 0) is 0 Å². The Morgan fingerprint density at radius 2 is 2.03 bits per heavy atom. The van der Waals surface area contributed by atoms with Crippen LogP contribution in [-0.4, -0.2) is 45.2 Å². The van der Waals surface area contributed by atoms with E-state index in [1.165, 1.54) is 15.9 Å². The van der Waals surface area contributed by atoms with Crippen molar-refractivity contribution >= 4 is 28.5 Å². The summed E-state index contributed by atoms with van der Waals surface area (Å²) < 4.78 is 24.3. The highest BCUT2D eigenvalue weighted by Crippen LogP contribution is 2.35. The lowest BCUT2D eigenvalue weighted by Gasteiger charge is -2.35. The topological polar surface area (TPSA) is 75.9 Å². The summed E-state index contributed by atoms with van der Waals surface area (Å²) >= 11 is 6.72. The second-order valence-corrected chi connectivity index (χ2v) is 9.82. The molecule has 1 aliphatic rings. The molecule has 0 amide bonds. The smallest absolute Gasteiger partial charge is 0.351 e. The maximum Gasteiger partial charge on any atom is 0.355 e. The van der Waals surface area contributed by atoms with Crippen molar-refractivity contribution in [3.8, 4) is 16.9 Å². The Morgan fingerprint density at radius 3 is 2.75 bits per heavy atom. The highest BCUT2D eigenvalue weighted by molar-refractivity contribution is 6.33. The van der Waals surface area contributed by atoms with E-state index < -0.39 is 11.5 Å². The van der Waals surface area contributed by atoms with Crippen LogP contribution in [0.3, 0.4) is 0 Å². The number of aromatic nitrogens is 4. The number of benzene rings is 1. The van der Waals surface area contributed by atoms with Crippen molar-refractivity contribution < 1.29 is 5.80 Å². The number of rotatable bonds is 4. The lowest BCUT2D eigenvalue weighted by Crippen LogP contribution is -2.50. The molecule has 7 nitrogen and oxygen atoms in total. The van der Waals surface area contributed by atoms with Crippen molar-refractivity contribution in [3.05, 3.63) is 75.2 Å². The molecule has 1 aliphatic heterocycles. The van der Waals surface area contributed by atoms with E-state index in [4.69, 9.17) is 18.0 Å². The van der Waals surface area contributed by atoms with Gasteiger partial charge in [0.25, 0.3) is 0 Å². The van der Waals surface area contributed by atoms with Gasteiger partial charge in [0, 0.05) is 37.4 Å². The van der Waals surface area contributed by atoms with Crippen LogP contribution >= 0.6 is 11.6 Å². The zero-order chi connectivity index (χ0) is 26.4. The van der Waals surface area contributed by atoms with Crippen molar-refractivity contribution in [2.24, 2.45) is 0 Å². The van der Waals surface area contributed by atoms with Gasteiger partial charge in [-0.2, -0.15) is 4.98 Å². The molecule has 3 aromatic heterocycles. The standard InChI is InChI=1S/C27H28ClFN6O/c1-15(2)22-24(16(3)9-10-31-22)35-26-19(25(33-27(35)36)34-12-11-30-14-17(34)4)13-20(28)23(32-26)18-7-5-6-8-21(18)29/h5-10,13,15,17,30H,11-12,14H2,1-4H3/i/hD. The van der Waals surface area contributed by atoms with E-state index in [1.54, 1.807) is 30.5 Å². The van der Waals surface area contributed by atoms with Gasteiger partial charge in [0.2, 0.25) is 0 Å². The number of fused-ring (bicyclic) bond motifs is 1. The molecule has 0 spiro atoms. The number of aryl methyl sites for hydroxylation is 1. The number of nitrogens with zero attached hydrogens (tertiary/aromatic N) is 5. The number of hydrogen-bond donors (Lipinski definition) is 1. The molecule has 5 rings (SSSR count). The van der Waals surface area contributed by atoms with E-state index in [0.29, 0.717) is 42.2 Å². The molecule has 1 aromatic carbocycles. The van der Waals surface area contributed by atoms with Crippen molar-refractivity contribution in [1.82, 2.24) is 24.8 Å². The van der Waals surface area contributed by atoms with Gasteiger partial charge in [-0.05, 0) is 49.6 Å². The molecule has 4 heterocycles. The minimum absolute atomic E-state index is 0.0278. The third-order valence-electron chi connectivity index (χ3n) is 6.55. The van der Waals surface area contributed by atoms with E-state index in [9.17, 15) is 9.18 Å². The molecular weight excluding hydrogens is 479 g/mol. The van der Waals surface area contributed by atoms with Crippen LogP contribution in [0.15, 0.2) is 47.4 Å². The van der Waals surface area contributed by atoms with E-state index in [0.717, 1.165) is 11.3 Å². The molecule has 0 bridgehead atoms. The fraction of sp³-hybridized carbons (Fsp3) is 0.333. The summed E-state index contributed by atoms with van der Waals surface area (Å²) in [7, 11) is 0. The number of nitrogens with one attached hydrogen (secondary N) is 1. The first-order valence-electron chi connectivity index (χ1n) is 12.5. The average Bonchev–Trinajstić information content (AvgIpc) is 2.84. The van der Waals surface area contributed by atoms with Crippen molar-refractivity contribution in [3.63, 3.8) is 0 Å². The summed E-state index contributed by atoms with van der Waals surface area (Å²) in [5.41, 5.74) is 2.51. The van der Waals surface area contributed by atoms with Crippen LogP contribution in [0.2, 0.25) is 6.43 Å². The normalized spacial score (nSPS) is 17.1. The Kier molecular flexibility index (Phi) is 6.15. The van der Waals surface area contributed by atoms with Crippen LogP contribution in [0.1, 0.15) is 37.9 Å². The molecule has 1 N–H and O–H groups in total. The summed E-state index contributed by atoms with van der Waals surface area (Å²) in [5.74, 6) is 0.0269. The number of anilines is 1. The minimum atomic E-state index is -0.504. The van der Waals surface area contributed by atoms with Crippen LogP contribution in [0.5, 0.6) is 0 Å². The lowest BCUT2D eigenvalue weighted by molar-refractivity contribution is 0.497. The third-order valence-corrected chi connectivity index (χ3v) is 6.84. The van der Waals surface area contributed by atoms with E-state index >= 15 is 0 Å². The number of halogens is 2. The highest BCUT2D eigenvalue weighted by atomic mass is 35.5. The molecule has 9 heteroatoms. The van der Waals surface area contributed by atoms with E-state index in [2.05, 4.69) is 9.97 Å². The van der Waals surface area contributed by atoms with E-state index in [1.807, 2.05) is 38.7 Å². The van der Waals surface area contributed by atoms with Gasteiger partial charge in [0.05, 0.1) is 27.5 Å². The van der Waals surface area contributed by atoms with Crippen LogP contribution in [0.4, 0.5) is 10.2 Å². The molecule has 1 atom stereocenters. The second kappa shape index (κ2) is 9.59. The van der Waals surface area contributed by atoms with Gasteiger partial charge in [-0.3, -0.25) is 4.98 Å². The predicted octanol–water partition coefficient (Wildman–Crippen LogP) is 4.87. The third kappa shape index (κ3) is 4.14. The molecule has 0 radical (unpaired) electrons. The van der Waals surface area contributed by atoms with E-state index in [-0.39, 0.29) is 28.2 Å². The molecule has 0 saturated carbocycles. The number of piperazine rings is 1. The molecule has 4 aromatic rings. The van der Waals surface area contributed by atoms with Gasteiger partial charge in [-0.1, -0.05) is 37.6 Å². The van der Waals surface area contributed by atoms with Crippen molar-refractivity contribution in [2.75, 3.05) is 24.5 Å². The fourth-order valence-corrected chi connectivity index (χ4v) is 5.00.